The lowest BCUT2D eigenvalue weighted by Gasteiger charge is -2.19. The third kappa shape index (κ3) is 3.13. The van der Waals surface area contributed by atoms with Crippen molar-refractivity contribution in [2.45, 2.75) is 38.6 Å². The molecule has 0 spiro atoms. The van der Waals surface area contributed by atoms with Gasteiger partial charge in [0.05, 0.1) is 15.8 Å². The molecular weight excluding hydrogens is 327 g/mol. The Kier molecular flexibility index (Phi) is 4.67. The van der Waals surface area contributed by atoms with Crippen molar-refractivity contribution < 1.29 is 0 Å². The van der Waals surface area contributed by atoms with Gasteiger partial charge in [0.25, 0.3) is 0 Å². The molecule has 2 heterocycles. The van der Waals surface area contributed by atoms with Crippen LogP contribution in [0.2, 0.25) is 0 Å². The standard InChI is InChI=1S/C12H21IN4/c1-2-6-16-7-3-4-10(5-8-16)17-12(14)11(13)9-15-17/h9-10H,2-8,14H2,1H3. The molecule has 1 aromatic rings. The Labute approximate surface area is 117 Å². The van der Waals surface area contributed by atoms with Gasteiger partial charge in [-0.3, -0.25) is 0 Å². The summed E-state index contributed by atoms with van der Waals surface area (Å²) in [4.78, 5) is 2.56. The molecule has 1 unspecified atom stereocenters. The molecule has 96 valence electrons. The summed E-state index contributed by atoms with van der Waals surface area (Å²) < 4.78 is 3.09. The molecule has 0 aliphatic carbocycles. The van der Waals surface area contributed by atoms with Gasteiger partial charge in [-0.1, -0.05) is 6.92 Å². The number of rotatable bonds is 3. The molecular formula is C12H21IN4. The zero-order valence-corrected chi connectivity index (χ0v) is 12.6. The fourth-order valence-corrected chi connectivity index (χ4v) is 2.94. The molecule has 1 atom stereocenters. The van der Waals surface area contributed by atoms with Gasteiger partial charge in [0.1, 0.15) is 5.82 Å². The van der Waals surface area contributed by atoms with Crippen LogP contribution in [0.4, 0.5) is 5.82 Å². The molecule has 1 fully saturated rings. The maximum Gasteiger partial charge on any atom is 0.135 e. The summed E-state index contributed by atoms with van der Waals surface area (Å²) in [5, 5.41) is 4.42. The minimum absolute atomic E-state index is 0.486. The molecule has 4 nitrogen and oxygen atoms in total. The van der Waals surface area contributed by atoms with Gasteiger partial charge in [0.2, 0.25) is 0 Å². The second-order valence-electron chi connectivity index (χ2n) is 4.75. The fraction of sp³-hybridized carbons (Fsp3) is 0.750. The Morgan fingerprint density at radius 2 is 2.29 bits per heavy atom. The monoisotopic (exact) mass is 348 g/mol. The van der Waals surface area contributed by atoms with E-state index in [1.807, 2.05) is 10.9 Å². The number of nitrogen functional groups attached to an aromatic ring is 1. The minimum atomic E-state index is 0.486. The molecule has 2 rings (SSSR count). The van der Waals surface area contributed by atoms with Gasteiger partial charge in [-0.15, -0.1) is 0 Å². The third-order valence-electron chi connectivity index (χ3n) is 3.46. The molecule has 2 N–H and O–H groups in total. The van der Waals surface area contributed by atoms with Crippen molar-refractivity contribution in [1.82, 2.24) is 14.7 Å². The van der Waals surface area contributed by atoms with E-state index in [9.17, 15) is 0 Å². The van der Waals surface area contributed by atoms with Crippen LogP contribution in [-0.4, -0.2) is 34.3 Å². The summed E-state index contributed by atoms with van der Waals surface area (Å²) in [6.45, 7) is 5.87. The highest BCUT2D eigenvalue weighted by Crippen LogP contribution is 2.26. The second kappa shape index (κ2) is 6.04. The van der Waals surface area contributed by atoms with E-state index in [1.54, 1.807) is 0 Å². The van der Waals surface area contributed by atoms with E-state index in [0.717, 1.165) is 9.39 Å². The van der Waals surface area contributed by atoms with Gasteiger partial charge >= 0.3 is 0 Å². The minimum Gasteiger partial charge on any atom is -0.383 e. The van der Waals surface area contributed by atoms with Crippen molar-refractivity contribution >= 4 is 28.4 Å². The zero-order chi connectivity index (χ0) is 12.3. The number of halogens is 1. The summed E-state index contributed by atoms with van der Waals surface area (Å²) in [6, 6.07) is 0.486. The second-order valence-corrected chi connectivity index (χ2v) is 5.91. The van der Waals surface area contributed by atoms with E-state index in [0.29, 0.717) is 6.04 Å². The normalized spacial score (nSPS) is 22.6. The van der Waals surface area contributed by atoms with Crippen LogP contribution in [-0.2, 0) is 0 Å². The van der Waals surface area contributed by atoms with Crippen LogP contribution in [0.1, 0.15) is 38.6 Å². The van der Waals surface area contributed by atoms with Crippen LogP contribution < -0.4 is 5.73 Å². The maximum absolute atomic E-state index is 6.06. The number of anilines is 1. The topological polar surface area (TPSA) is 47.1 Å². The molecule has 1 aliphatic heterocycles. The lowest BCUT2D eigenvalue weighted by Crippen LogP contribution is -2.25. The molecule has 1 aromatic heterocycles. The third-order valence-corrected chi connectivity index (χ3v) is 4.29. The predicted octanol–water partition coefficient (Wildman–Crippen LogP) is 2.51. The van der Waals surface area contributed by atoms with Crippen molar-refractivity contribution in [3.8, 4) is 0 Å². The van der Waals surface area contributed by atoms with Gasteiger partial charge in [-0.05, 0) is 61.4 Å². The number of aromatic nitrogens is 2. The van der Waals surface area contributed by atoms with Crippen LogP contribution in [0.5, 0.6) is 0 Å². The quantitative estimate of drug-likeness (QED) is 0.854. The highest BCUT2D eigenvalue weighted by Gasteiger charge is 2.20. The van der Waals surface area contributed by atoms with E-state index in [2.05, 4.69) is 39.5 Å². The molecule has 0 amide bonds. The van der Waals surface area contributed by atoms with E-state index in [4.69, 9.17) is 5.73 Å². The van der Waals surface area contributed by atoms with E-state index >= 15 is 0 Å². The largest absolute Gasteiger partial charge is 0.383 e. The average Bonchev–Trinajstić information content (AvgIpc) is 2.55. The number of hydrogen-bond acceptors (Lipinski definition) is 3. The molecule has 0 bridgehead atoms. The smallest absolute Gasteiger partial charge is 0.135 e. The first-order valence-electron chi connectivity index (χ1n) is 6.43. The van der Waals surface area contributed by atoms with Crippen LogP contribution >= 0.6 is 22.6 Å². The van der Waals surface area contributed by atoms with Crippen molar-refractivity contribution in [1.29, 1.82) is 0 Å². The maximum atomic E-state index is 6.06. The van der Waals surface area contributed by atoms with Crippen LogP contribution in [0.15, 0.2) is 6.20 Å². The van der Waals surface area contributed by atoms with E-state index < -0.39 is 0 Å². The number of likely N-dealkylation sites (tertiary alicyclic amines) is 1. The highest BCUT2D eigenvalue weighted by atomic mass is 127. The Hall–Kier alpha value is -0.300. The van der Waals surface area contributed by atoms with E-state index in [1.165, 1.54) is 45.3 Å². The molecule has 1 aliphatic rings. The summed E-state index contributed by atoms with van der Waals surface area (Å²) >= 11 is 2.25. The Morgan fingerprint density at radius 3 is 2.94 bits per heavy atom. The van der Waals surface area contributed by atoms with Crippen LogP contribution in [0.3, 0.4) is 0 Å². The van der Waals surface area contributed by atoms with Crippen molar-refractivity contribution in [3.63, 3.8) is 0 Å². The first-order valence-corrected chi connectivity index (χ1v) is 7.51. The summed E-state index contributed by atoms with van der Waals surface area (Å²) in [6.07, 6.45) is 6.72. The van der Waals surface area contributed by atoms with Crippen LogP contribution in [0.25, 0.3) is 0 Å². The van der Waals surface area contributed by atoms with E-state index in [-0.39, 0.29) is 0 Å². The Bertz CT molecular complexity index is 363. The average molecular weight is 348 g/mol. The van der Waals surface area contributed by atoms with Crippen molar-refractivity contribution in [2.24, 2.45) is 0 Å². The van der Waals surface area contributed by atoms with Gasteiger partial charge < -0.3 is 10.6 Å². The summed E-state index contributed by atoms with van der Waals surface area (Å²) in [5.74, 6) is 0.833. The van der Waals surface area contributed by atoms with Gasteiger partial charge in [0, 0.05) is 6.54 Å². The summed E-state index contributed by atoms with van der Waals surface area (Å²) in [5.41, 5.74) is 6.06. The van der Waals surface area contributed by atoms with Gasteiger partial charge in [-0.2, -0.15) is 5.10 Å². The fourth-order valence-electron chi connectivity index (χ4n) is 2.56. The first kappa shape index (κ1) is 13.1. The SMILES string of the molecule is CCCN1CCCC(n2ncc(I)c2N)CC1. The Balaban J connectivity index is 2.01. The lowest BCUT2D eigenvalue weighted by atomic mass is 10.1. The van der Waals surface area contributed by atoms with Crippen molar-refractivity contribution in [3.05, 3.63) is 9.77 Å². The molecule has 1 saturated heterocycles. The lowest BCUT2D eigenvalue weighted by molar-refractivity contribution is 0.280. The van der Waals surface area contributed by atoms with Gasteiger partial charge in [-0.25, -0.2) is 4.68 Å². The number of hydrogen-bond donors (Lipinski definition) is 1. The Morgan fingerprint density at radius 1 is 1.47 bits per heavy atom. The summed E-state index contributed by atoms with van der Waals surface area (Å²) in [7, 11) is 0. The molecule has 0 saturated carbocycles. The molecule has 0 aromatic carbocycles. The predicted molar refractivity (Wildman–Crippen MR) is 79.0 cm³/mol. The van der Waals surface area contributed by atoms with Crippen LogP contribution in [0, 0.1) is 3.57 Å². The molecule has 17 heavy (non-hydrogen) atoms. The van der Waals surface area contributed by atoms with Gasteiger partial charge in [0.15, 0.2) is 0 Å². The highest BCUT2D eigenvalue weighted by molar-refractivity contribution is 14.1. The molecule has 0 radical (unpaired) electrons. The van der Waals surface area contributed by atoms with Crippen molar-refractivity contribution in [2.75, 3.05) is 25.4 Å². The zero-order valence-electron chi connectivity index (χ0n) is 10.4. The first-order chi connectivity index (χ1) is 8.22. The number of nitrogens with two attached hydrogens (primary N) is 1. The number of nitrogens with zero attached hydrogens (tertiary/aromatic N) is 3. The molecule has 5 heteroatoms.